The number of phosphoric ester groups is 2. The second kappa shape index (κ2) is 66.9. The number of ether oxygens (including phenoxy) is 4. The first kappa shape index (κ1) is 92.1. The lowest BCUT2D eigenvalue weighted by molar-refractivity contribution is -0.161. The van der Waals surface area contributed by atoms with Crippen LogP contribution in [0.1, 0.15) is 388 Å². The van der Waals surface area contributed by atoms with Gasteiger partial charge in [0, 0.05) is 25.7 Å². The fraction of sp³-hybridized carbons (Fsp3) is 0.947. The highest BCUT2D eigenvalue weighted by Crippen LogP contribution is 2.45. The molecule has 19 heteroatoms. The molecule has 0 heterocycles. The Morgan fingerprint density at radius 3 is 0.723 bits per heavy atom. The third kappa shape index (κ3) is 68.6. The molecule has 0 bridgehead atoms. The number of hydrogen-bond acceptors (Lipinski definition) is 15. The Morgan fingerprint density at radius 2 is 0.489 bits per heavy atom. The SMILES string of the molecule is CCCCCCCCCCCCCCCC(=O)OC[C@H](COP(=O)(O)OC[C@@H](O)COP(=O)(O)OC[C@@H](COC(=O)CCCCCCCCCCCC(C)C)OC(=O)CCCCCCCCCCCCCCC)OC(=O)CCCCCCCCCCCCCCCC(C)C. The van der Waals surface area contributed by atoms with E-state index >= 15 is 0 Å². The summed E-state index contributed by atoms with van der Waals surface area (Å²) in [5, 5.41) is 10.6. The molecule has 0 aliphatic carbocycles. The molecule has 0 aromatic rings. The standard InChI is InChI=1S/C75H146O17P2/c1-7-9-11-13-15-17-19-22-27-33-39-45-51-57-72(77)85-63-70(91-75(80)60-54-48-42-35-29-25-21-24-26-31-37-43-49-55-67(3)4)65-89-93(81,82)87-61-69(76)62-88-94(83,84)90-66-71(64-86-73(78)58-52-46-40-36-30-32-38-44-50-56-68(5)6)92-74(79)59-53-47-41-34-28-23-20-18-16-14-12-10-8-2/h67-71,76H,7-66H2,1-6H3,(H,81,82)(H,83,84)/t69-,70-,71-/m1/s1. The quantitative estimate of drug-likeness (QED) is 0.0222. The highest BCUT2D eigenvalue weighted by Gasteiger charge is 2.30. The monoisotopic (exact) mass is 1380 g/mol. The van der Waals surface area contributed by atoms with E-state index in [1.54, 1.807) is 0 Å². The van der Waals surface area contributed by atoms with Crippen LogP contribution in [0.4, 0.5) is 0 Å². The number of rotatable bonds is 74. The highest BCUT2D eigenvalue weighted by molar-refractivity contribution is 7.47. The second-order valence-electron chi connectivity index (χ2n) is 28.0. The maximum absolute atomic E-state index is 13.1. The Hall–Kier alpha value is -1.94. The number of esters is 4. The Kier molecular flexibility index (Phi) is 65.5. The van der Waals surface area contributed by atoms with E-state index in [0.29, 0.717) is 25.7 Å². The lowest BCUT2D eigenvalue weighted by atomic mass is 10.0. The van der Waals surface area contributed by atoms with Gasteiger partial charge in [-0.05, 0) is 37.5 Å². The summed E-state index contributed by atoms with van der Waals surface area (Å²) in [6.45, 7) is 9.59. The Labute approximate surface area is 575 Å². The third-order valence-corrected chi connectivity index (χ3v) is 19.4. The van der Waals surface area contributed by atoms with Gasteiger partial charge >= 0.3 is 39.5 Å². The molecule has 2 unspecified atom stereocenters. The summed E-state index contributed by atoms with van der Waals surface area (Å²) >= 11 is 0. The predicted octanol–water partition coefficient (Wildman–Crippen LogP) is 21.9. The lowest BCUT2D eigenvalue weighted by Gasteiger charge is -2.21. The van der Waals surface area contributed by atoms with Crippen LogP contribution < -0.4 is 0 Å². The molecule has 94 heavy (non-hydrogen) atoms. The molecule has 0 aromatic heterocycles. The van der Waals surface area contributed by atoms with Gasteiger partial charge in [-0.1, -0.05) is 337 Å². The molecule has 0 rings (SSSR count). The summed E-state index contributed by atoms with van der Waals surface area (Å²) in [6.07, 6.45) is 53.9. The zero-order chi connectivity index (χ0) is 69.3. The van der Waals surface area contributed by atoms with E-state index < -0.39 is 97.5 Å². The van der Waals surface area contributed by atoms with Crippen LogP contribution in [0.2, 0.25) is 0 Å². The van der Waals surface area contributed by atoms with Crippen molar-refractivity contribution in [2.75, 3.05) is 39.6 Å². The van der Waals surface area contributed by atoms with Crippen LogP contribution in [0.3, 0.4) is 0 Å². The molecule has 0 spiro atoms. The van der Waals surface area contributed by atoms with Gasteiger partial charge in [0.1, 0.15) is 19.3 Å². The summed E-state index contributed by atoms with van der Waals surface area (Å²) in [5.41, 5.74) is 0. The molecule has 0 saturated carbocycles. The number of aliphatic hydroxyl groups excluding tert-OH is 1. The molecule has 0 aromatic carbocycles. The van der Waals surface area contributed by atoms with Crippen molar-refractivity contribution in [3.63, 3.8) is 0 Å². The fourth-order valence-corrected chi connectivity index (χ4v) is 13.1. The van der Waals surface area contributed by atoms with E-state index in [0.717, 1.165) is 102 Å². The predicted molar refractivity (Wildman–Crippen MR) is 381 cm³/mol. The highest BCUT2D eigenvalue weighted by atomic mass is 31.2. The topological polar surface area (TPSA) is 237 Å². The van der Waals surface area contributed by atoms with Crippen LogP contribution in [0.25, 0.3) is 0 Å². The van der Waals surface area contributed by atoms with Crippen molar-refractivity contribution in [3.8, 4) is 0 Å². The smallest absolute Gasteiger partial charge is 0.462 e. The average molecular weight is 1380 g/mol. The van der Waals surface area contributed by atoms with Gasteiger partial charge in [0.25, 0.3) is 0 Å². The minimum absolute atomic E-state index is 0.107. The molecule has 0 amide bonds. The zero-order valence-electron chi connectivity index (χ0n) is 61.3. The van der Waals surface area contributed by atoms with Crippen molar-refractivity contribution in [3.05, 3.63) is 0 Å². The average Bonchev–Trinajstić information content (AvgIpc) is 1.49. The van der Waals surface area contributed by atoms with E-state index in [2.05, 4.69) is 41.5 Å². The Balaban J connectivity index is 5.26. The van der Waals surface area contributed by atoms with Crippen LogP contribution in [0.5, 0.6) is 0 Å². The van der Waals surface area contributed by atoms with E-state index in [4.69, 9.17) is 37.0 Å². The lowest BCUT2D eigenvalue weighted by Crippen LogP contribution is -2.30. The minimum atomic E-state index is -4.96. The first-order valence-electron chi connectivity index (χ1n) is 39.0. The van der Waals surface area contributed by atoms with Gasteiger partial charge in [-0.15, -0.1) is 0 Å². The Bertz CT molecular complexity index is 1820. The molecule has 0 radical (unpaired) electrons. The zero-order valence-corrected chi connectivity index (χ0v) is 63.1. The van der Waals surface area contributed by atoms with Crippen molar-refractivity contribution in [2.24, 2.45) is 11.8 Å². The van der Waals surface area contributed by atoms with Crippen molar-refractivity contribution in [2.45, 2.75) is 407 Å². The van der Waals surface area contributed by atoms with Crippen LogP contribution in [-0.2, 0) is 65.4 Å². The molecule has 0 aliphatic heterocycles. The fourth-order valence-electron chi connectivity index (χ4n) is 11.5. The number of unbranched alkanes of at least 4 members (excludes halogenated alkanes) is 44. The normalized spacial score (nSPS) is 14.0. The Morgan fingerprint density at radius 1 is 0.287 bits per heavy atom. The van der Waals surface area contributed by atoms with Gasteiger partial charge in [0.05, 0.1) is 26.4 Å². The van der Waals surface area contributed by atoms with Crippen molar-refractivity contribution >= 4 is 39.5 Å². The largest absolute Gasteiger partial charge is 0.472 e. The molecule has 558 valence electrons. The first-order valence-corrected chi connectivity index (χ1v) is 42.0. The van der Waals surface area contributed by atoms with Crippen molar-refractivity contribution in [1.82, 2.24) is 0 Å². The van der Waals surface area contributed by atoms with Gasteiger partial charge in [0.2, 0.25) is 0 Å². The van der Waals surface area contributed by atoms with Gasteiger partial charge in [-0.3, -0.25) is 37.3 Å². The number of carbonyl (C=O) groups excluding carboxylic acids is 4. The molecule has 5 atom stereocenters. The molecular weight excluding hydrogens is 1230 g/mol. The molecule has 0 fully saturated rings. The summed E-state index contributed by atoms with van der Waals surface area (Å²) in [6, 6.07) is 0. The van der Waals surface area contributed by atoms with E-state index in [9.17, 15) is 43.2 Å². The van der Waals surface area contributed by atoms with Crippen LogP contribution in [0, 0.1) is 11.8 Å². The molecule has 0 aliphatic rings. The van der Waals surface area contributed by atoms with Crippen LogP contribution in [-0.4, -0.2) is 96.7 Å². The molecule has 17 nitrogen and oxygen atoms in total. The van der Waals surface area contributed by atoms with Crippen LogP contribution >= 0.6 is 15.6 Å². The number of phosphoric acid groups is 2. The van der Waals surface area contributed by atoms with Crippen LogP contribution in [0.15, 0.2) is 0 Å². The number of aliphatic hydroxyl groups is 1. The first-order chi connectivity index (χ1) is 45.4. The maximum atomic E-state index is 13.1. The molecule has 3 N–H and O–H groups in total. The van der Waals surface area contributed by atoms with Crippen molar-refractivity contribution < 1.29 is 80.2 Å². The summed E-state index contributed by atoms with van der Waals surface area (Å²) in [7, 11) is -9.91. The summed E-state index contributed by atoms with van der Waals surface area (Å²) in [5.74, 6) is -0.583. The second-order valence-corrected chi connectivity index (χ2v) is 30.9. The summed E-state index contributed by atoms with van der Waals surface area (Å²) in [4.78, 5) is 72.8. The minimum Gasteiger partial charge on any atom is -0.462 e. The summed E-state index contributed by atoms with van der Waals surface area (Å²) < 4.78 is 68.5. The van der Waals surface area contributed by atoms with Gasteiger partial charge in [-0.2, -0.15) is 0 Å². The van der Waals surface area contributed by atoms with Gasteiger partial charge in [-0.25, -0.2) is 9.13 Å². The molecule has 0 saturated heterocycles. The van der Waals surface area contributed by atoms with E-state index in [1.165, 1.54) is 205 Å². The van der Waals surface area contributed by atoms with Crippen molar-refractivity contribution in [1.29, 1.82) is 0 Å². The number of hydrogen-bond donors (Lipinski definition) is 3. The third-order valence-electron chi connectivity index (χ3n) is 17.5. The van der Waals surface area contributed by atoms with E-state index in [-0.39, 0.29) is 25.7 Å². The van der Waals surface area contributed by atoms with E-state index in [1.807, 2.05) is 0 Å². The maximum Gasteiger partial charge on any atom is 0.472 e. The number of carbonyl (C=O) groups is 4. The van der Waals surface area contributed by atoms with Gasteiger partial charge < -0.3 is 33.8 Å². The van der Waals surface area contributed by atoms with Gasteiger partial charge in [0.15, 0.2) is 12.2 Å². The molecular formula is C75H146O17P2.